The summed E-state index contributed by atoms with van der Waals surface area (Å²) in [5, 5.41) is 13.0. The molecule has 0 radical (unpaired) electrons. The molecule has 0 saturated carbocycles. The number of aryl methyl sites for hydroxylation is 1. The van der Waals surface area contributed by atoms with Crippen molar-refractivity contribution in [1.82, 2.24) is 39.0 Å². The monoisotopic (exact) mass is 368 g/mol. The SMILES string of the molecule is CCn1c(Cn2ccnc2)nnc1C1CCN(C(=O)c2ccnn2C)CC1. The van der Waals surface area contributed by atoms with E-state index in [1.54, 1.807) is 36.5 Å². The largest absolute Gasteiger partial charge is 0.337 e. The van der Waals surface area contributed by atoms with E-state index in [1.807, 2.05) is 15.7 Å². The van der Waals surface area contributed by atoms with Gasteiger partial charge >= 0.3 is 0 Å². The van der Waals surface area contributed by atoms with Gasteiger partial charge in [-0.1, -0.05) is 0 Å². The minimum atomic E-state index is 0.0474. The summed E-state index contributed by atoms with van der Waals surface area (Å²) >= 11 is 0. The Bertz CT molecular complexity index is 902. The smallest absolute Gasteiger partial charge is 0.272 e. The number of nitrogens with zero attached hydrogens (tertiary/aromatic N) is 8. The van der Waals surface area contributed by atoms with Crippen molar-refractivity contribution in [2.75, 3.05) is 13.1 Å². The molecule has 0 unspecified atom stereocenters. The number of amides is 1. The predicted octanol–water partition coefficient (Wildman–Crippen LogP) is 1.30. The van der Waals surface area contributed by atoms with Gasteiger partial charge in [0.2, 0.25) is 0 Å². The van der Waals surface area contributed by atoms with Crippen molar-refractivity contribution < 1.29 is 4.79 Å². The van der Waals surface area contributed by atoms with Crippen molar-refractivity contribution in [2.45, 2.75) is 38.8 Å². The molecule has 1 amide bonds. The molecule has 1 saturated heterocycles. The van der Waals surface area contributed by atoms with Gasteiger partial charge in [0.1, 0.15) is 11.5 Å². The molecule has 1 aliphatic rings. The molecule has 9 heteroatoms. The number of aromatic nitrogens is 7. The highest BCUT2D eigenvalue weighted by atomic mass is 16.2. The van der Waals surface area contributed by atoms with Crippen LogP contribution < -0.4 is 0 Å². The maximum atomic E-state index is 12.7. The van der Waals surface area contributed by atoms with Crippen LogP contribution in [0, 0.1) is 0 Å². The van der Waals surface area contributed by atoms with Gasteiger partial charge in [-0.2, -0.15) is 5.10 Å². The molecule has 1 fully saturated rings. The minimum Gasteiger partial charge on any atom is -0.337 e. The van der Waals surface area contributed by atoms with Crippen LogP contribution in [0.3, 0.4) is 0 Å². The van der Waals surface area contributed by atoms with E-state index in [4.69, 9.17) is 0 Å². The van der Waals surface area contributed by atoms with Gasteiger partial charge in [0.05, 0.1) is 12.9 Å². The molecule has 4 rings (SSSR count). The summed E-state index contributed by atoms with van der Waals surface area (Å²) in [6, 6.07) is 1.77. The maximum absolute atomic E-state index is 12.7. The van der Waals surface area contributed by atoms with Crippen LogP contribution in [0.2, 0.25) is 0 Å². The second kappa shape index (κ2) is 7.34. The fourth-order valence-corrected chi connectivity index (χ4v) is 3.74. The summed E-state index contributed by atoms with van der Waals surface area (Å²) in [6.45, 7) is 5.06. The summed E-state index contributed by atoms with van der Waals surface area (Å²) < 4.78 is 5.82. The van der Waals surface area contributed by atoms with Crippen LogP contribution in [0.25, 0.3) is 0 Å². The first-order chi connectivity index (χ1) is 13.2. The lowest BCUT2D eigenvalue weighted by Crippen LogP contribution is -2.39. The molecule has 9 nitrogen and oxygen atoms in total. The Labute approximate surface area is 157 Å². The van der Waals surface area contributed by atoms with E-state index in [0.29, 0.717) is 18.2 Å². The van der Waals surface area contributed by atoms with Gasteiger partial charge in [-0.25, -0.2) is 4.98 Å². The Morgan fingerprint density at radius 2 is 2.04 bits per heavy atom. The molecule has 3 aromatic heterocycles. The second-order valence-electron chi connectivity index (χ2n) is 6.86. The van der Waals surface area contributed by atoms with E-state index in [0.717, 1.165) is 44.1 Å². The highest BCUT2D eigenvalue weighted by Crippen LogP contribution is 2.28. The predicted molar refractivity (Wildman–Crippen MR) is 98.1 cm³/mol. The Morgan fingerprint density at radius 1 is 1.22 bits per heavy atom. The second-order valence-corrected chi connectivity index (χ2v) is 6.86. The summed E-state index contributed by atoms with van der Waals surface area (Å²) in [6.07, 6.45) is 8.93. The molecule has 3 aromatic rings. The van der Waals surface area contributed by atoms with Gasteiger partial charge in [-0.05, 0) is 25.8 Å². The zero-order valence-electron chi connectivity index (χ0n) is 15.7. The fourth-order valence-electron chi connectivity index (χ4n) is 3.74. The quantitative estimate of drug-likeness (QED) is 0.677. The van der Waals surface area contributed by atoms with Crippen molar-refractivity contribution in [1.29, 1.82) is 0 Å². The molecule has 142 valence electrons. The third-order valence-corrected chi connectivity index (χ3v) is 5.24. The topological polar surface area (TPSA) is 86.7 Å². The molecule has 1 aliphatic heterocycles. The Hall–Kier alpha value is -2.97. The number of carbonyl (C=O) groups is 1. The number of hydrogen-bond acceptors (Lipinski definition) is 5. The fraction of sp³-hybridized carbons (Fsp3) is 0.500. The van der Waals surface area contributed by atoms with Gasteiger partial charge in [-0.3, -0.25) is 9.48 Å². The first-order valence-electron chi connectivity index (χ1n) is 9.32. The van der Waals surface area contributed by atoms with Gasteiger partial charge in [0, 0.05) is 51.2 Å². The van der Waals surface area contributed by atoms with Gasteiger partial charge in [-0.15, -0.1) is 10.2 Å². The van der Waals surface area contributed by atoms with E-state index in [-0.39, 0.29) is 5.91 Å². The maximum Gasteiger partial charge on any atom is 0.272 e. The van der Waals surface area contributed by atoms with Gasteiger partial charge < -0.3 is 14.0 Å². The van der Waals surface area contributed by atoms with E-state index in [9.17, 15) is 4.79 Å². The molecule has 0 N–H and O–H groups in total. The van der Waals surface area contributed by atoms with Crippen molar-refractivity contribution in [3.8, 4) is 0 Å². The Kier molecular flexibility index (Phi) is 4.74. The van der Waals surface area contributed by atoms with Crippen molar-refractivity contribution in [3.63, 3.8) is 0 Å². The van der Waals surface area contributed by atoms with Crippen LogP contribution >= 0.6 is 0 Å². The normalized spacial score (nSPS) is 15.4. The lowest BCUT2D eigenvalue weighted by Gasteiger charge is -2.31. The molecule has 27 heavy (non-hydrogen) atoms. The Balaban J connectivity index is 1.44. The minimum absolute atomic E-state index is 0.0474. The van der Waals surface area contributed by atoms with Crippen LogP contribution in [-0.4, -0.2) is 58.0 Å². The third-order valence-electron chi connectivity index (χ3n) is 5.24. The van der Waals surface area contributed by atoms with E-state index < -0.39 is 0 Å². The molecular formula is C18H24N8O. The number of likely N-dealkylation sites (tertiary alicyclic amines) is 1. The van der Waals surface area contributed by atoms with E-state index in [1.165, 1.54) is 0 Å². The van der Waals surface area contributed by atoms with Crippen molar-refractivity contribution in [3.05, 3.63) is 48.3 Å². The summed E-state index contributed by atoms with van der Waals surface area (Å²) in [4.78, 5) is 18.6. The molecule has 4 heterocycles. The Morgan fingerprint density at radius 3 is 2.67 bits per heavy atom. The lowest BCUT2D eigenvalue weighted by molar-refractivity contribution is 0.0699. The summed E-state index contributed by atoms with van der Waals surface area (Å²) in [5.74, 6) is 2.34. The van der Waals surface area contributed by atoms with Crippen LogP contribution in [0.4, 0.5) is 0 Å². The zero-order valence-corrected chi connectivity index (χ0v) is 15.7. The average molecular weight is 368 g/mol. The number of imidazole rings is 1. The van der Waals surface area contributed by atoms with Crippen LogP contribution in [0.1, 0.15) is 47.8 Å². The summed E-state index contributed by atoms with van der Waals surface area (Å²) in [5.41, 5.74) is 0.632. The summed E-state index contributed by atoms with van der Waals surface area (Å²) in [7, 11) is 1.80. The first-order valence-corrected chi connectivity index (χ1v) is 9.32. The van der Waals surface area contributed by atoms with Crippen LogP contribution in [0.5, 0.6) is 0 Å². The number of rotatable bonds is 5. The molecular weight excluding hydrogens is 344 g/mol. The third kappa shape index (κ3) is 3.36. The van der Waals surface area contributed by atoms with Gasteiger partial charge in [0.25, 0.3) is 5.91 Å². The average Bonchev–Trinajstić information content (AvgIpc) is 3.43. The van der Waals surface area contributed by atoms with Crippen molar-refractivity contribution >= 4 is 5.91 Å². The molecule has 0 aliphatic carbocycles. The van der Waals surface area contributed by atoms with Crippen LogP contribution in [0.15, 0.2) is 31.0 Å². The van der Waals surface area contributed by atoms with E-state index >= 15 is 0 Å². The highest BCUT2D eigenvalue weighted by molar-refractivity contribution is 5.92. The first kappa shape index (κ1) is 17.4. The molecule has 0 spiro atoms. The number of carbonyl (C=O) groups excluding carboxylic acids is 1. The number of hydrogen-bond donors (Lipinski definition) is 0. The number of piperidine rings is 1. The van der Waals surface area contributed by atoms with Crippen LogP contribution in [-0.2, 0) is 20.1 Å². The van der Waals surface area contributed by atoms with Gasteiger partial charge in [0.15, 0.2) is 5.82 Å². The van der Waals surface area contributed by atoms with Crippen molar-refractivity contribution in [2.24, 2.45) is 7.05 Å². The molecule has 0 aromatic carbocycles. The zero-order chi connectivity index (χ0) is 18.8. The van der Waals surface area contributed by atoms with E-state index in [2.05, 4.69) is 31.8 Å². The molecule has 0 atom stereocenters. The molecule has 0 bridgehead atoms. The lowest BCUT2D eigenvalue weighted by atomic mass is 9.95. The highest BCUT2D eigenvalue weighted by Gasteiger charge is 2.29. The standard InChI is InChI=1S/C18H24N8O/c1-3-26-16(12-24-11-8-19-13-24)21-22-17(26)14-5-9-25(10-6-14)18(27)15-4-7-20-23(15)2/h4,7-8,11,13-14H,3,5-6,9-10,12H2,1-2H3.